The van der Waals surface area contributed by atoms with Crippen LogP contribution in [0.4, 0.5) is 5.69 Å². The van der Waals surface area contributed by atoms with Crippen molar-refractivity contribution in [2.24, 2.45) is 17.3 Å². The third-order valence-electron chi connectivity index (χ3n) is 23.0. The third kappa shape index (κ3) is 12.6. The number of rotatable bonds is 22. The van der Waals surface area contributed by atoms with Gasteiger partial charge < -0.3 is 80.4 Å². The van der Waals surface area contributed by atoms with Crippen molar-refractivity contribution in [3.63, 3.8) is 0 Å². The standard InChI is InChI=1S/C77H93N7O15.BrH/c1-10-47(4)64(67(89)79-58(68(90)98-46-51-25-17-14-18-26-51)39-63(87)97-45-50-23-15-13-16-24-50)80-66(88)59-29-21-34-83(59)62(86)44-84-36-30-54-53-27-19-20-28-57(53)78-65(54)76(72(91)95-8,41-52(43-84)37-49(11-2)42-84)56-38-55-60(40-61(56)94-7)81(6)70-75(55)32-35-82-33-22-31-74(12-3,69(75)82)71(99-48(5)85)77(70,93)73(92)96-9;/h13-20,22-28,31,37-38,40,47,52,58-59,64,69-71,78,93H,10-12,21,29-30,32-36,39,41-46H2,1-9H3,(H-,79,80,88,89);1H/t47-,52-,58-,59-,64-,69-,70+,71+,74+,75+,76-,77-,84?;/m0./s1. The van der Waals surface area contributed by atoms with E-state index >= 15 is 9.59 Å². The van der Waals surface area contributed by atoms with Crippen LogP contribution >= 0.6 is 0 Å². The monoisotopic (exact) mass is 1440 g/mol. The highest BCUT2D eigenvalue weighted by Crippen LogP contribution is 2.68. The highest BCUT2D eigenvalue weighted by atomic mass is 79.9. The predicted molar refractivity (Wildman–Crippen MR) is 367 cm³/mol. The van der Waals surface area contributed by atoms with Gasteiger partial charge in [0, 0.05) is 90.2 Å². The molecule has 13 atom stereocenters. The number of likely N-dealkylation sites (tertiary alicyclic amines) is 1. The van der Waals surface area contributed by atoms with Crippen molar-refractivity contribution in [1.29, 1.82) is 0 Å². The lowest BCUT2D eigenvalue weighted by molar-refractivity contribution is -0.921. The van der Waals surface area contributed by atoms with Crippen molar-refractivity contribution in [1.82, 2.24) is 25.4 Å². The quantitative estimate of drug-likeness (QED) is 0.0328. The summed E-state index contributed by atoms with van der Waals surface area (Å²) in [5.41, 5.74) is 0.615. The number of benzene rings is 4. The van der Waals surface area contributed by atoms with Crippen LogP contribution in [-0.2, 0) is 92.5 Å². The molecule has 100 heavy (non-hydrogen) atoms. The van der Waals surface area contributed by atoms with E-state index in [1.807, 2.05) is 99.5 Å². The Morgan fingerprint density at radius 1 is 0.830 bits per heavy atom. The molecule has 23 heteroatoms. The number of aromatic amines is 1. The number of likely N-dealkylation sites (N-methyl/N-ethyl adjacent to an activating group) is 1. The second-order valence-electron chi connectivity index (χ2n) is 28.4. The van der Waals surface area contributed by atoms with Gasteiger partial charge in [0.25, 0.3) is 5.91 Å². The van der Waals surface area contributed by atoms with Crippen LogP contribution in [0.15, 0.2) is 121 Å². The Bertz CT molecular complexity index is 4020. The molecular formula is C77H94BrN7O15. The molecule has 5 aromatic rings. The summed E-state index contributed by atoms with van der Waals surface area (Å²) in [6.45, 7) is 11.8. The van der Waals surface area contributed by atoms with Crippen LogP contribution in [0, 0.1) is 17.3 Å². The Kier molecular flexibility index (Phi) is 21.3. The maximum absolute atomic E-state index is 16.1. The molecule has 2 saturated heterocycles. The van der Waals surface area contributed by atoms with Crippen LogP contribution in [0.5, 0.6) is 5.75 Å². The van der Waals surface area contributed by atoms with Gasteiger partial charge in [0.15, 0.2) is 12.6 Å². The lowest BCUT2D eigenvalue weighted by atomic mass is 9.47. The fraction of sp³-hybridized carbons (Fsp3) is 0.506. The number of amides is 3. The largest absolute Gasteiger partial charge is 1.00 e. The molecule has 12 rings (SSSR count). The van der Waals surface area contributed by atoms with E-state index in [0.29, 0.717) is 117 Å². The van der Waals surface area contributed by atoms with Gasteiger partial charge in [-0.1, -0.05) is 131 Å². The number of hydrogen-bond donors (Lipinski definition) is 4. The maximum atomic E-state index is 16.1. The zero-order valence-electron chi connectivity index (χ0n) is 58.6. The summed E-state index contributed by atoms with van der Waals surface area (Å²) in [4.78, 5) is 126. The number of fused-ring (bicyclic) bond motifs is 6. The lowest BCUT2D eigenvalue weighted by Gasteiger charge is -2.63. The fourth-order valence-electron chi connectivity index (χ4n) is 18.5. The fourth-order valence-corrected chi connectivity index (χ4v) is 18.5. The van der Waals surface area contributed by atoms with Gasteiger partial charge in [0.2, 0.25) is 17.4 Å². The molecule has 7 aliphatic rings. The number of methoxy groups -OCH3 is 3. The normalized spacial score (nSPS) is 27.9. The Balaban J connectivity index is 0.0000101. The lowest BCUT2D eigenvalue weighted by Crippen LogP contribution is -3.00. The third-order valence-corrected chi connectivity index (χ3v) is 23.0. The predicted octanol–water partition coefficient (Wildman–Crippen LogP) is 4.20. The van der Waals surface area contributed by atoms with Crippen LogP contribution in [0.1, 0.15) is 119 Å². The van der Waals surface area contributed by atoms with Crippen molar-refractivity contribution in [2.75, 3.05) is 79.1 Å². The zero-order valence-corrected chi connectivity index (χ0v) is 60.2. The molecule has 4 aromatic carbocycles. The van der Waals surface area contributed by atoms with Gasteiger partial charge in [-0.2, -0.15) is 0 Å². The first-order valence-corrected chi connectivity index (χ1v) is 35.0. The molecule has 534 valence electrons. The van der Waals surface area contributed by atoms with E-state index in [4.69, 9.17) is 28.4 Å². The number of carbonyl (C=O) groups excluding carboxylic acids is 8. The Hall–Kier alpha value is -8.38. The minimum atomic E-state index is -2.41. The first-order chi connectivity index (χ1) is 47.6. The molecule has 3 fully saturated rings. The molecule has 7 heterocycles. The molecular weight excluding hydrogens is 1340 g/mol. The number of aliphatic hydroxyl groups is 1. The number of quaternary nitrogens is 1. The molecule has 6 aliphatic heterocycles. The summed E-state index contributed by atoms with van der Waals surface area (Å²) in [7, 11) is 6.03. The number of ether oxygens (including phenoxy) is 6. The van der Waals surface area contributed by atoms with Crippen molar-refractivity contribution < 1.29 is 93.3 Å². The molecule has 4 N–H and O–H groups in total. The average molecular weight is 1440 g/mol. The molecule has 1 aromatic heterocycles. The summed E-state index contributed by atoms with van der Waals surface area (Å²) in [6.07, 6.45) is 7.82. The van der Waals surface area contributed by atoms with Crippen molar-refractivity contribution >= 4 is 64.2 Å². The number of anilines is 1. The van der Waals surface area contributed by atoms with E-state index in [-0.39, 0.29) is 55.0 Å². The van der Waals surface area contributed by atoms with Crippen LogP contribution < -0.4 is 37.3 Å². The maximum Gasteiger partial charge on any atom is 0.344 e. The second kappa shape index (κ2) is 29.3. The number of hydrogen-bond acceptors (Lipinski definition) is 17. The smallest absolute Gasteiger partial charge is 0.344 e. The number of nitrogens with zero attached hydrogens (tertiary/aromatic N) is 4. The van der Waals surface area contributed by atoms with Gasteiger partial charge in [-0.25, -0.2) is 9.59 Å². The zero-order chi connectivity index (χ0) is 70.3. The van der Waals surface area contributed by atoms with Gasteiger partial charge in [-0.15, -0.1) is 0 Å². The van der Waals surface area contributed by atoms with Crippen molar-refractivity contribution in [2.45, 2.75) is 158 Å². The van der Waals surface area contributed by atoms with Crippen LogP contribution in [0.3, 0.4) is 0 Å². The van der Waals surface area contributed by atoms with Gasteiger partial charge in [-0.3, -0.25) is 33.7 Å². The molecule has 0 radical (unpaired) electrons. The molecule has 1 saturated carbocycles. The summed E-state index contributed by atoms with van der Waals surface area (Å²) in [6, 6.07) is 25.0. The summed E-state index contributed by atoms with van der Waals surface area (Å²) in [5, 5.41) is 20.3. The van der Waals surface area contributed by atoms with Crippen LogP contribution in [0.2, 0.25) is 0 Å². The van der Waals surface area contributed by atoms with Crippen molar-refractivity contribution in [3.8, 4) is 5.75 Å². The number of para-hydroxylation sites is 1. The highest BCUT2D eigenvalue weighted by molar-refractivity contribution is 5.97. The molecule has 1 spiro atoms. The van der Waals surface area contributed by atoms with E-state index in [9.17, 15) is 33.9 Å². The average Bonchev–Trinajstić information content (AvgIpc) is 1.46. The topological polar surface area (TPSA) is 262 Å². The number of H-pyrrole nitrogens is 1. The number of carbonyl (C=O) groups is 8. The van der Waals surface area contributed by atoms with E-state index in [2.05, 4.69) is 39.6 Å². The van der Waals surface area contributed by atoms with E-state index < -0.39 is 112 Å². The number of aromatic nitrogens is 1. The van der Waals surface area contributed by atoms with Crippen LogP contribution in [0.25, 0.3) is 10.9 Å². The van der Waals surface area contributed by atoms with E-state index in [0.717, 1.165) is 33.2 Å². The minimum absolute atomic E-state index is 0. The van der Waals surface area contributed by atoms with Crippen molar-refractivity contribution in [3.05, 3.63) is 154 Å². The summed E-state index contributed by atoms with van der Waals surface area (Å²) in [5.74, 6) is -5.65. The molecule has 3 amide bonds. The molecule has 1 aliphatic carbocycles. The SMILES string of the molecule is CCC1=C[C@H]2C[C@](C(=O)OC)(c3cc4c(cc3OC)N(C)[C@H]3[C@@](O)(C(=O)OC)[C@H](OC(C)=O)[C@]5(CC)C=CCN6CC[C@]43[C@@H]65)c3[nH]c4ccccc4c3CC[N+](CC(=O)N3CCC[C@H]3C(=O)N[C@H](C(=O)N[C@@H](CC(=O)OCc3ccccc3)C(=O)OCc3ccccc3)[C@@H](C)CC)(C1)C2.[Br-]. The van der Waals surface area contributed by atoms with E-state index in [1.54, 1.807) is 48.4 Å². The summed E-state index contributed by atoms with van der Waals surface area (Å²) >= 11 is 0. The first-order valence-electron chi connectivity index (χ1n) is 35.0. The number of halogens is 1. The van der Waals surface area contributed by atoms with Gasteiger partial charge >= 0.3 is 29.8 Å². The minimum Gasteiger partial charge on any atom is -1.00 e. The number of esters is 5. The molecule has 2 bridgehead atoms. The summed E-state index contributed by atoms with van der Waals surface area (Å²) < 4.78 is 36.0. The van der Waals surface area contributed by atoms with Crippen LogP contribution in [-0.4, -0.2) is 188 Å². The second-order valence-corrected chi connectivity index (χ2v) is 28.4. The van der Waals surface area contributed by atoms with Gasteiger partial charge in [-0.05, 0) is 90.9 Å². The van der Waals surface area contributed by atoms with Gasteiger partial charge in [0.05, 0.1) is 46.9 Å². The Morgan fingerprint density at radius 3 is 2.18 bits per heavy atom. The Labute approximate surface area is 594 Å². The van der Waals surface area contributed by atoms with Gasteiger partial charge in [0.1, 0.15) is 49.0 Å². The Morgan fingerprint density at radius 2 is 1.52 bits per heavy atom. The van der Waals surface area contributed by atoms with E-state index in [1.165, 1.54) is 21.1 Å². The highest BCUT2D eigenvalue weighted by Gasteiger charge is 2.80. The molecule has 1 unspecified atom stereocenters. The number of nitrogens with one attached hydrogen (secondary N) is 3. The first kappa shape index (κ1) is 72.9. The molecule has 22 nitrogen and oxygen atoms in total.